The third-order valence-electron chi connectivity index (χ3n) is 3.09. The lowest BCUT2D eigenvalue weighted by Gasteiger charge is -2.04. The summed E-state index contributed by atoms with van der Waals surface area (Å²) in [5.74, 6) is 0.567. The Kier molecular flexibility index (Phi) is 2.91. The number of nitrogens with one attached hydrogen (secondary N) is 1. The molecule has 0 radical (unpaired) electrons. The Bertz CT molecular complexity index is 748. The number of aromatic amines is 1. The van der Waals surface area contributed by atoms with Gasteiger partial charge < -0.3 is 10.7 Å². The molecular weight excluding hydrogens is 256 g/mol. The van der Waals surface area contributed by atoms with Crippen LogP contribution in [-0.2, 0) is 0 Å². The van der Waals surface area contributed by atoms with Gasteiger partial charge in [-0.15, -0.1) is 0 Å². The molecule has 19 heavy (non-hydrogen) atoms. The van der Waals surface area contributed by atoms with Crippen LogP contribution < -0.4 is 5.73 Å². The molecule has 0 aliphatic heterocycles. The van der Waals surface area contributed by atoms with Crippen LogP contribution in [0, 0.1) is 13.8 Å². The van der Waals surface area contributed by atoms with E-state index in [4.69, 9.17) is 5.73 Å². The van der Waals surface area contributed by atoms with Crippen molar-refractivity contribution in [3.8, 4) is 0 Å². The Balaban J connectivity index is 2.02. The normalized spacial score (nSPS) is 11.1. The lowest BCUT2D eigenvalue weighted by atomic mass is 10.2. The Morgan fingerprint density at radius 3 is 2.84 bits per heavy atom. The summed E-state index contributed by atoms with van der Waals surface area (Å²) < 4.78 is 0. The molecule has 0 aliphatic carbocycles. The number of benzene rings is 1. The summed E-state index contributed by atoms with van der Waals surface area (Å²) in [4.78, 5) is 13.1. The highest BCUT2D eigenvalue weighted by molar-refractivity contribution is 7.99. The zero-order valence-electron chi connectivity index (χ0n) is 10.8. The number of rotatable bonds is 2. The molecule has 0 bridgehead atoms. The van der Waals surface area contributed by atoms with Gasteiger partial charge in [-0.05, 0) is 31.5 Å². The molecule has 2 aromatic heterocycles. The molecule has 5 heteroatoms. The summed E-state index contributed by atoms with van der Waals surface area (Å²) in [5.41, 5.74) is 10.1. The fourth-order valence-corrected chi connectivity index (χ4v) is 2.84. The summed E-state index contributed by atoms with van der Waals surface area (Å²) in [6.07, 6.45) is 1.72. The minimum atomic E-state index is 0.567. The van der Waals surface area contributed by atoms with E-state index in [1.54, 1.807) is 18.0 Å². The van der Waals surface area contributed by atoms with E-state index in [1.807, 2.05) is 25.1 Å². The summed E-state index contributed by atoms with van der Waals surface area (Å²) in [7, 11) is 0. The molecule has 3 aromatic rings. The van der Waals surface area contributed by atoms with Gasteiger partial charge in [0.2, 0.25) is 0 Å². The first-order chi connectivity index (χ1) is 9.15. The van der Waals surface area contributed by atoms with E-state index >= 15 is 0 Å². The molecule has 0 aliphatic rings. The third-order valence-corrected chi connectivity index (χ3v) is 4.14. The first-order valence-electron chi connectivity index (χ1n) is 5.99. The van der Waals surface area contributed by atoms with E-state index in [9.17, 15) is 0 Å². The molecule has 0 atom stereocenters. The number of nitrogens with two attached hydrogens (primary N) is 1. The van der Waals surface area contributed by atoms with Crippen molar-refractivity contribution in [2.75, 3.05) is 5.73 Å². The number of H-pyrrole nitrogens is 1. The van der Waals surface area contributed by atoms with Gasteiger partial charge in [0, 0.05) is 16.7 Å². The lowest BCUT2D eigenvalue weighted by molar-refractivity contribution is 1.07. The maximum Gasteiger partial charge on any atom is 0.171 e. The van der Waals surface area contributed by atoms with Crippen LogP contribution >= 0.6 is 11.8 Å². The van der Waals surface area contributed by atoms with Crippen LogP contribution in [-0.4, -0.2) is 15.0 Å². The van der Waals surface area contributed by atoms with E-state index in [0.29, 0.717) is 5.82 Å². The number of hydrogen-bond acceptors (Lipinski definition) is 4. The molecule has 2 heterocycles. The van der Waals surface area contributed by atoms with Gasteiger partial charge in [0.05, 0.1) is 11.0 Å². The average Bonchev–Trinajstić information content (AvgIpc) is 2.79. The Morgan fingerprint density at radius 2 is 2.05 bits per heavy atom. The second-order valence-corrected chi connectivity index (χ2v) is 5.47. The highest BCUT2D eigenvalue weighted by atomic mass is 32.2. The van der Waals surface area contributed by atoms with Gasteiger partial charge in [0.15, 0.2) is 5.16 Å². The molecule has 0 amide bonds. The fourth-order valence-electron chi connectivity index (χ4n) is 1.95. The molecule has 3 rings (SSSR count). The number of pyridine rings is 1. The number of imidazole rings is 1. The van der Waals surface area contributed by atoms with Crippen molar-refractivity contribution < 1.29 is 0 Å². The zero-order chi connectivity index (χ0) is 13.4. The molecular formula is C14H14N4S. The lowest BCUT2D eigenvalue weighted by Crippen LogP contribution is -1.94. The van der Waals surface area contributed by atoms with Crippen molar-refractivity contribution in [2.24, 2.45) is 0 Å². The van der Waals surface area contributed by atoms with Crippen molar-refractivity contribution in [3.63, 3.8) is 0 Å². The first kappa shape index (κ1) is 12.0. The maximum atomic E-state index is 5.82. The Labute approximate surface area is 115 Å². The third kappa shape index (κ3) is 2.17. The van der Waals surface area contributed by atoms with E-state index in [2.05, 4.69) is 27.9 Å². The second-order valence-electron chi connectivity index (χ2n) is 4.43. The molecule has 0 fully saturated rings. The van der Waals surface area contributed by atoms with Crippen molar-refractivity contribution in [1.29, 1.82) is 0 Å². The maximum absolute atomic E-state index is 5.82. The van der Waals surface area contributed by atoms with E-state index < -0.39 is 0 Å². The molecule has 3 N–H and O–H groups in total. The summed E-state index contributed by atoms with van der Waals surface area (Å²) in [6.45, 7) is 4.03. The molecule has 96 valence electrons. The molecule has 4 nitrogen and oxygen atoms in total. The standard InChI is InChI=1S/C14H14N4S/c1-8-4-3-5-10-12(8)18-14(17-10)19-11-6-7-16-13(15)9(11)2/h3-7H,1-2H3,(H2,15,16)(H,17,18). The predicted octanol–water partition coefficient (Wildman–Crippen LogP) is 3.31. The largest absolute Gasteiger partial charge is 0.383 e. The predicted molar refractivity (Wildman–Crippen MR) is 78.3 cm³/mol. The van der Waals surface area contributed by atoms with Crippen LogP contribution in [0.15, 0.2) is 40.5 Å². The van der Waals surface area contributed by atoms with Crippen LogP contribution in [0.2, 0.25) is 0 Å². The van der Waals surface area contributed by atoms with Crippen LogP contribution in [0.1, 0.15) is 11.1 Å². The molecule has 0 saturated carbocycles. The number of aryl methyl sites for hydroxylation is 1. The highest BCUT2D eigenvalue weighted by Gasteiger charge is 2.09. The SMILES string of the molecule is Cc1c(Sc2nc3c(C)cccc3[nH]2)ccnc1N. The van der Waals surface area contributed by atoms with Crippen LogP contribution in [0.4, 0.5) is 5.82 Å². The molecule has 0 saturated heterocycles. The van der Waals surface area contributed by atoms with E-state index in [-0.39, 0.29) is 0 Å². The quantitative estimate of drug-likeness (QED) is 0.749. The number of para-hydroxylation sites is 1. The smallest absolute Gasteiger partial charge is 0.171 e. The van der Waals surface area contributed by atoms with Crippen molar-refractivity contribution in [2.45, 2.75) is 23.9 Å². The van der Waals surface area contributed by atoms with Gasteiger partial charge in [0.25, 0.3) is 0 Å². The Morgan fingerprint density at radius 1 is 1.21 bits per heavy atom. The zero-order valence-corrected chi connectivity index (χ0v) is 11.6. The van der Waals surface area contributed by atoms with Gasteiger partial charge >= 0.3 is 0 Å². The van der Waals surface area contributed by atoms with Crippen molar-refractivity contribution in [3.05, 3.63) is 41.6 Å². The highest BCUT2D eigenvalue weighted by Crippen LogP contribution is 2.31. The number of hydrogen-bond donors (Lipinski definition) is 2. The molecule has 1 aromatic carbocycles. The number of aromatic nitrogens is 3. The van der Waals surface area contributed by atoms with Crippen molar-refractivity contribution >= 4 is 28.6 Å². The Hall–Kier alpha value is -2.01. The van der Waals surface area contributed by atoms with Crippen LogP contribution in [0.25, 0.3) is 11.0 Å². The van der Waals surface area contributed by atoms with Gasteiger partial charge in [-0.25, -0.2) is 9.97 Å². The summed E-state index contributed by atoms with van der Waals surface area (Å²) >= 11 is 1.58. The minimum Gasteiger partial charge on any atom is -0.383 e. The van der Waals surface area contributed by atoms with Crippen molar-refractivity contribution in [1.82, 2.24) is 15.0 Å². The van der Waals surface area contributed by atoms with Crippen LogP contribution in [0.3, 0.4) is 0 Å². The van der Waals surface area contributed by atoms with E-state index in [1.165, 1.54) is 5.56 Å². The van der Waals surface area contributed by atoms with Crippen LogP contribution in [0.5, 0.6) is 0 Å². The topological polar surface area (TPSA) is 67.6 Å². The average molecular weight is 270 g/mol. The number of nitrogens with zero attached hydrogens (tertiary/aromatic N) is 2. The monoisotopic (exact) mass is 270 g/mol. The number of nitrogen functional groups attached to an aromatic ring is 1. The van der Waals surface area contributed by atoms with Gasteiger partial charge in [-0.2, -0.15) is 0 Å². The number of fused-ring (bicyclic) bond motifs is 1. The molecule has 0 spiro atoms. The van der Waals surface area contributed by atoms with E-state index in [0.717, 1.165) is 26.6 Å². The van der Waals surface area contributed by atoms with Gasteiger partial charge in [0.1, 0.15) is 5.82 Å². The first-order valence-corrected chi connectivity index (χ1v) is 6.81. The van der Waals surface area contributed by atoms with Gasteiger partial charge in [-0.3, -0.25) is 0 Å². The minimum absolute atomic E-state index is 0.567. The summed E-state index contributed by atoms with van der Waals surface area (Å²) in [5, 5.41) is 0.873. The second kappa shape index (κ2) is 4.59. The number of anilines is 1. The summed E-state index contributed by atoms with van der Waals surface area (Å²) in [6, 6.07) is 8.08. The fraction of sp³-hybridized carbons (Fsp3) is 0.143. The molecule has 0 unspecified atom stereocenters. The van der Waals surface area contributed by atoms with Gasteiger partial charge in [-0.1, -0.05) is 23.9 Å².